The Morgan fingerprint density at radius 1 is 0.926 bits per heavy atom. The van der Waals surface area contributed by atoms with E-state index in [0.29, 0.717) is 11.8 Å². The maximum absolute atomic E-state index is 13.2. The summed E-state index contributed by atoms with van der Waals surface area (Å²) in [6.45, 7) is 0. The van der Waals surface area contributed by atoms with Crippen molar-refractivity contribution in [3.8, 4) is 22.4 Å². The quantitative estimate of drug-likeness (QED) is 0.588. The summed E-state index contributed by atoms with van der Waals surface area (Å²) >= 11 is 0. The Morgan fingerprint density at radius 2 is 1.59 bits per heavy atom. The topological polar surface area (TPSA) is 47.0 Å². The standard InChI is InChI=1S/C19H13F4NO2S/c1-27(25,26)16-4-2-3-13(9-16)17-10-14(19(21,22)23)11-24-18(17)12-5-7-15(20)8-6-12/h2-11H,1H3. The molecule has 0 aliphatic rings. The molecule has 0 spiro atoms. The molecule has 1 heterocycles. The lowest BCUT2D eigenvalue weighted by molar-refractivity contribution is -0.137. The highest BCUT2D eigenvalue weighted by molar-refractivity contribution is 7.90. The lowest BCUT2D eigenvalue weighted by Gasteiger charge is -2.14. The molecule has 0 aliphatic heterocycles. The third-order valence-electron chi connectivity index (χ3n) is 3.91. The van der Waals surface area contributed by atoms with E-state index < -0.39 is 27.4 Å². The summed E-state index contributed by atoms with van der Waals surface area (Å²) in [7, 11) is -3.55. The predicted octanol–water partition coefficient (Wildman–Crippen LogP) is 4.98. The maximum atomic E-state index is 13.2. The summed E-state index contributed by atoms with van der Waals surface area (Å²) in [5.74, 6) is -0.494. The highest BCUT2D eigenvalue weighted by Crippen LogP contribution is 2.37. The number of nitrogens with zero attached hydrogens (tertiary/aromatic N) is 1. The van der Waals surface area contributed by atoms with E-state index in [1.54, 1.807) is 0 Å². The summed E-state index contributed by atoms with van der Waals surface area (Å²) in [5.41, 5.74) is -0.00978. The molecule has 8 heteroatoms. The second kappa shape index (κ2) is 6.77. The van der Waals surface area contributed by atoms with Gasteiger partial charge in [0, 0.05) is 23.6 Å². The number of sulfone groups is 1. The van der Waals surface area contributed by atoms with Crippen LogP contribution in [0, 0.1) is 5.82 Å². The van der Waals surface area contributed by atoms with Crippen molar-refractivity contribution in [3.63, 3.8) is 0 Å². The van der Waals surface area contributed by atoms with Crippen molar-refractivity contribution in [2.24, 2.45) is 0 Å². The van der Waals surface area contributed by atoms with Gasteiger partial charge in [-0.1, -0.05) is 12.1 Å². The van der Waals surface area contributed by atoms with Crippen LogP contribution in [-0.4, -0.2) is 19.7 Å². The molecule has 0 amide bonds. The van der Waals surface area contributed by atoms with E-state index in [4.69, 9.17) is 0 Å². The van der Waals surface area contributed by atoms with E-state index in [2.05, 4.69) is 4.98 Å². The van der Waals surface area contributed by atoms with Gasteiger partial charge < -0.3 is 0 Å². The molecule has 3 aromatic rings. The monoisotopic (exact) mass is 395 g/mol. The molecule has 0 fully saturated rings. The molecule has 0 N–H and O–H groups in total. The first-order chi connectivity index (χ1) is 12.6. The van der Waals surface area contributed by atoms with Gasteiger partial charge in [0.1, 0.15) is 5.82 Å². The summed E-state index contributed by atoms with van der Waals surface area (Å²) in [4.78, 5) is 3.90. The van der Waals surface area contributed by atoms with E-state index in [1.807, 2.05) is 0 Å². The molecule has 2 aromatic carbocycles. The zero-order valence-electron chi connectivity index (χ0n) is 14.0. The van der Waals surface area contributed by atoms with Crippen LogP contribution in [0.15, 0.2) is 65.7 Å². The molecular formula is C19H13F4NO2S. The number of rotatable bonds is 3. The molecule has 0 bridgehead atoms. The van der Waals surface area contributed by atoms with Gasteiger partial charge in [0.15, 0.2) is 9.84 Å². The van der Waals surface area contributed by atoms with Crippen LogP contribution < -0.4 is 0 Å². The highest BCUT2D eigenvalue weighted by atomic mass is 32.2. The van der Waals surface area contributed by atoms with Gasteiger partial charge in [0.25, 0.3) is 0 Å². The van der Waals surface area contributed by atoms with Gasteiger partial charge in [-0.3, -0.25) is 4.98 Å². The predicted molar refractivity (Wildman–Crippen MR) is 93.2 cm³/mol. The van der Waals surface area contributed by atoms with E-state index in [9.17, 15) is 26.0 Å². The van der Waals surface area contributed by atoms with Crippen LogP contribution in [0.3, 0.4) is 0 Å². The van der Waals surface area contributed by atoms with Crippen molar-refractivity contribution in [2.45, 2.75) is 11.1 Å². The van der Waals surface area contributed by atoms with Crippen molar-refractivity contribution in [1.82, 2.24) is 4.98 Å². The number of hydrogen-bond acceptors (Lipinski definition) is 3. The molecule has 0 saturated heterocycles. The number of hydrogen-bond donors (Lipinski definition) is 0. The fraction of sp³-hybridized carbons (Fsp3) is 0.105. The van der Waals surface area contributed by atoms with Crippen LogP contribution in [0.5, 0.6) is 0 Å². The number of benzene rings is 2. The Bertz CT molecular complexity index is 1090. The Hall–Kier alpha value is -2.74. The Labute approximate surface area is 153 Å². The molecule has 3 rings (SSSR count). The molecular weight excluding hydrogens is 382 g/mol. The number of alkyl halides is 3. The Kier molecular flexibility index (Phi) is 4.77. The normalized spacial score (nSPS) is 12.2. The first-order valence-electron chi connectivity index (χ1n) is 7.69. The number of halogens is 4. The summed E-state index contributed by atoms with van der Waals surface area (Å²) < 4.78 is 76.3. The third-order valence-corrected chi connectivity index (χ3v) is 5.02. The van der Waals surface area contributed by atoms with Crippen molar-refractivity contribution >= 4 is 9.84 Å². The summed E-state index contributed by atoms with van der Waals surface area (Å²) in [5, 5.41) is 0. The molecule has 0 aliphatic carbocycles. The van der Waals surface area contributed by atoms with E-state index in [-0.39, 0.29) is 21.7 Å². The van der Waals surface area contributed by atoms with E-state index in [1.165, 1.54) is 48.5 Å². The van der Waals surface area contributed by atoms with Gasteiger partial charge in [0.05, 0.1) is 16.2 Å². The SMILES string of the molecule is CS(=O)(=O)c1cccc(-c2cc(C(F)(F)F)cnc2-c2ccc(F)cc2)c1. The van der Waals surface area contributed by atoms with Crippen LogP contribution >= 0.6 is 0 Å². The van der Waals surface area contributed by atoms with Crippen LogP contribution in [0.4, 0.5) is 17.6 Å². The van der Waals surface area contributed by atoms with Gasteiger partial charge in [0.2, 0.25) is 0 Å². The fourth-order valence-corrected chi connectivity index (χ4v) is 3.24. The largest absolute Gasteiger partial charge is 0.417 e. The maximum Gasteiger partial charge on any atom is 0.417 e. The minimum absolute atomic E-state index is 0.0255. The van der Waals surface area contributed by atoms with Crippen molar-refractivity contribution in [2.75, 3.05) is 6.26 Å². The summed E-state index contributed by atoms with van der Waals surface area (Å²) in [6, 6.07) is 11.6. The minimum Gasteiger partial charge on any atom is -0.255 e. The van der Waals surface area contributed by atoms with Gasteiger partial charge in [-0.15, -0.1) is 0 Å². The van der Waals surface area contributed by atoms with Crippen LogP contribution in [-0.2, 0) is 16.0 Å². The molecule has 0 unspecified atom stereocenters. The minimum atomic E-state index is -4.61. The average Bonchev–Trinajstić information content (AvgIpc) is 2.60. The molecule has 140 valence electrons. The van der Waals surface area contributed by atoms with Crippen molar-refractivity contribution in [1.29, 1.82) is 0 Å². The second-order valence-electron chi connectivity index (χ2n) is 5.92. The molecule has 1 aromatic heterocycles. The number of pyridine rings is 1. The molecule has 0 atom stereocenters. The van der Waals surface area contributed by atoms with Gasteiger partial charge >= 0.3 is 6.18 Å². The lowest BCUT2D eigenvalue weighted by Crippen LogP contribution is -2.07. The van der Waals surface area contributed by atoms with Crippen LogP contribution in [0.1, 0.15) is 5.56 Å². The summed E-state index contributed by atoms with van der Waals surface area (Å²) in [6.07, 6.45) is -2.91. The number of aromatic nitrogens is 1. The van der Waals surface area contributed by atoms with E-state index in [0.717, 1.165) is 12.3 Å². The van der Waals surface area contributed by atoms with Gasteiger partial charge in [-0.2, -0.15) is 13.2 Å². The smallest absolute Gasteiger partial charge is 0.255 e. The van der Waals surface area contributed by atoms with Gasteiger partial charge in [-0.25, -0.2) is 12.8 Å². The zero-order chi connectivity index (χ0) is 19.8. The Morgan fingerprint density at radius 3 is 2.19 bits per heavy atom. The first-order valence-corrected chi connectivity index (χ1v) is 9.58. The zero-order valence-corrected chi connectivity index (χ0v) is 14.8. The van der Waals surface area contributed by atoms with Crippen LogP contribution in [0.25, 0.3) is 22.4 Å². The van der Waals surface area contributed by atoms with Crippen molar-refractivity contribution in [3.05, 3.63) is 72.2 Å². The lowest BCUT2D eigenvalue weighted by atomic mass is 9.98. The Balaban J connectivity index is 2.27. The average molecular weight is 395 g/mol. The molecule has 0 saturated carbocycles. The highest BCUT2D eigenvalue weighted by Gasteiger charge is 2.32. The molecule has 3 nitrogen and oxygen atoms in total. The fourth-order valence-electron chi connectivity index (χ4n) is 2.57. The molecule has 0 radical (unpaired) electrons. The third kappa shape index (κ3) is 4.16. The van der Waals surface area contributed by atoms with Crippen molar-refractivity contribution < 1.29 is 26.0 Å². The molecule has 27 heavy (non-hydrogen) atoms. The second-order valence-corrected chi connectivity index (χ2v) is 7.94. The first kappa shape index (κ1) is 19.0. The van der Waals surface area contributed by atoms with Gasteiger partial charge in [-0.05, 0) is 48.0 Å². The van der Waals surface area contributed by atoms with E-state index >= 15 is 0 Å². The van der Waals surface area contributed by atoms with Crippen LogP contribution in [0.2, 0.25) is 0 Å².